The van der Waals surface area contributed by atoms with Crippen molar-refractivity contribution in [2.75, 3.05) is 0 Å². The highest BCUT2D eigenvalue weighted by Gasteiger charge is 1.87. The predicted molar refractivity (Wildman–Crippen MR) is 80.5 cm³/mol. The molecule has 1 aromatic heterocycles. The van der Waals surface area contributed by atoms with Gasteiger partial charge in [-0.2, -0.15) is 0 Å². The van der Waals surface area contributed by atoms with E-state index in [1.54, 1.807) is 6.26 Å². The Morgan fingerprint density at radius 3 is 2.74 bits per heavy atom. The number of unbranched alkanes of at least 4 members (excludes halogenated alkanes) is 6. The average Bonchev–Trinajstić information content (AvgIpc) is 2.93. The normalized spacial score (nSPS) is 9.74. The SMILES string of the molecule is CCCCCCCC/C=C\C#CC#Cc1ccco1. The van der Waals surface area contributed by atoms with Crippen molar-refractivity contribution in [1.29, 1.82) is 0 Å². The van der Waals surface area contributed by atoms with Crippen LogP contribution in [0.25, 0.3) is 0 Å². The lowest BCUT2D eigenvalue weighted by molar-refractivity contribution is 0.554. The molecule has 0 radical (unpaired) electrons. The molecule has 0 spiro atoms. The molecule has 0 atom stereocenters. The minimum atomic E-state index is 0.658. The van der Waals surface area contributed by atoms with E-state index in [0.717, 1.165) is 6.42 Å². The number of allylic oxidation sites excluding steroid dienone is 2. The van der Waals surface area contributed by atoms with Crippen molar-refractivity contribution < 1.29 is 4.42 Å². The van der Waals surface area contributed by atoms with E-state index in [2.05, 4.69) is 36.7 Å². The number of hydrogen-bond acceptors (Lipinski definition) is 1. The van der Waals surface area contributed by atoms with Crippen molar-refractivity contribution in [3.8, 4) is 23.7 Å². The molecule has 19 heavy (non-hydrogen) atoms. The van der Waals surface area contributed by atoms with E-state index in [1.807, 2.05) is 18.2 Å². The molecule has 0 aliphatic carbocycles. The van der Waals surface area contributed by atoms with Gasteiger partial charge in [0.1, 0.15) is 0 Å². The summed E-state index contributed by atoms with van der Waals surface area (Å²) < 4.78 is 5.07. The molecule has 1 nitrogen and oxygen atoms in total. The molecule has 0 saturated heterocycles. The zero-order valence-electron chi connectivity index (χ0n) is 11.7. The topological polar surface area (TPSA) is 13.1 Å². The van der Waals surface area contributed by atoms with E-state index < -0.39 is 0 Å². The van der Waals surface area contributed by atoms with Gasteiger partial charge in [-0.15, -0.1) is 0 Å². The quantitative estimate of drug-likeness (QED) is 0.496. The third-order valence-electron chi connectivity index (χ3n) is 2.77. The van der Waals surface area contributed by atoms with Crippen molar-refractivity contribution in [2.24, 2.45) is 0 Å². The lowest BCUT2D eigenvalue weighted by Gasteiger charge is -1.96. The van der Waals surface area contributed by atoms with Crippen LogP contribution in [0.3, 0.4) is 0 Å². The highest BCUT2D eigenvalue weighted by Crippen LogP contribution is 2.06. The molecule has 1 heterocycles. The van der Waals surface area contributed by atoms with Gasteiger partial charge in [0, 0.05) is 0 Å². The maximum atomic E-state index is 5.07. The van der Waals surface area contributed by atoms with Crippen molar-refractivity contribution in [3.05, 3.63) is 36.3 Å². The predicted octanol–water partition coefficient (Wildman–Crippen LogP) is 4.94. The van der Waals surface area contributed by atoms with Crippen LogP contribution in [-0.2, 0) is 0 Å². The lowest BCUT2D eigenvalue weighted by Crippen LogP contribution is -1.77. The first kappa shape index (κ1) is 15.2. The molecular formula is C18H22O. The largest absolute Gasteiger partial charge is 0.456 e. The van der Waals surface area contributed by atoms with Crippen LogP contribution in [0.1, 0.15) is 57.6 Å². The van der Waals surface area contributed by atoms with Gasteiger partial charge in [-0.1, -0.05) is 51.0 Å². The Kier molecular flexibility index (Phi) is 8.99. The Labute approximate surface area is 117 Å². The number of furan rings is 1. The van der Waals surface area contributed by atoms with Crippen molar-refractivity contribution in [1.82, 2.24) is 0 Å². The first-order valence-corrected chi connectivity index (χ1v) is 7.13. The van der Waals surface area contributed by atoms with Crippen LogP contribution in [0.15, 0.2) is 35.0 Å². The van der Waals surface area contributed by atoms with Crippen LogP contribution in [0.5, 0.6) is 0 Å². The van der Waals surface area contributed by atoms with Gasteiger partial charge in [-0.05, 0) is 48.8 Å². The van der Waals surface area contributed by atoms with Crippen LogP contribution >= 0.6 is 0 Å². The molecule has 1 heteroatoms. The molecule has 1 aromatic rings. The van der Waals surface area contributed by atoms with Gasteiger partial charge < -0.3 is 4.42 Å². The van der Waals surface area contributed by atoms with Crippen LogP contribution < -0.4 is 0 Å². The van der Waals surface area contributed by atoms with E-state index in [9.17, 15) is 0 Å². The Hall–Kier alpha value is -1.86. The molecule has 0 aliphatic rings. The molecule has 0 N–H and O–H groups in total. The Morgan fingerprint density at radius 2 is 1.95 bits per heavy atom. The van der Waals surface area contributed by atoms with Crippen molar-refractivity contribution in [3.63, 3.8) is 0 Å². The van der Waals surface area contributed by atoms with Crippen LogP contribution in [0, 0.1) is 23.7 Å². The van der Waals surface area contributed by atoms with Gasteiger partial charge in [0.25, 0.3) is 0 Å². The molecule has 0 saturated carbocycles. The zero-order valence-corrected chi connectivity index (χ0v) is 11.7. The molecule has 100 valence electrons. The third kappa shape index (κ3) is 8.81. The molecule has 1 rings (SSSR count). The second-order valence-corrected chi connectivity index (χ2v) is 4.46. The fourth-order valence-corrected chi connectivity index (χ4v) is 1.71. The van der Waals surface area contributed by atoms with Gasteiger partial charge >= 0.3 is 0 Å². The van der Waals surface area contributed by atoms with E-state index in [-0.39, 0.29) is 0 Å². The number of hydrogen-bond donors (Lipinski definition) is 0. The summed E-state index contributed by atoms with van der Waals surface area (Å²) >= 11 is 0. The molecule has 0 aromatic carbocycles. The van der Waals surface area contributed by atoms with Crippen LogP contribution in [0.4, 0.5) is 0 Å². The summed E-state index contributed by atoms with van der Waals surface area (Å²) in [6, 6.07) is 3.64. The van der Waals surface area contributed by atoms with E-state index in [0.29, 0.717) is 5.76 Å². The monoisotopic (exact) mass is 254 g/mol. The fraction of sp³-hybridized carbons (Fsp3) is 0.444. The molecule has 0 aliphatic heterocycles. The van der Waals surface area contributed by atoms with E-state index >= 15 is 0 Å². The zero-order chi connectivity index (χ0) is 13.6. The van der Waals surface area contributed by atoms with Gasteiger partial charge in [0.05, 0.1) is 6.26 Å². The Balaban J connectivity index is 2.04. The summed E-state index contributed by atoms with van der Waals surface area (Å²) in [7, 11) is 0. The number of rotatable bonds is 7. The summed E-state index contributed by atoms with van der Waals surface area (Å²) in [6.45, 7) is 2.25. The van der Waals surface area contributed by atoms with Crippen molar-refractivity contribution >= 4 is 0 Å². The summed E-state index contributed by atoms with van der Waals surface area (Å²) in [5.41, 5.74) is 0. The highest BCUT2D eigenvalue weighted by molar-refractivity contribution is 5.36. The van der Waals surface area contributed by atoms with Gasteiger partial charge in [-0.3, -0.25) is 0 Å². The minimum absolute atomic E-state index is 0.658. The second-order valence-electron chi connectivity index (χ2n) is 4.46. The summed E-state index contributed by atoms with van der Waals surface area (Å²) in [5.74, 6) is 11.9. The average molecular weight is 254 g/mol. The minimum Gasteiger partial charge on any atom is -0.456 e. The van der Waals surface area contributed by atoms with Gasteiger partial charge in [0.15, 0.2) is 5.76 Å². The third-order valence-corrected chi connectivity index (χ3v) is 2.77. The fourth-order valence-electron chi connectivity index (χ4n) is 1.71. The first-order chi connectivity index (χ1) is 9.43. The molecule has 0 amide bonds. The smallest absolute Gasteiger partial charge is 0.177 e. The van der Waals surface area contributed by atoms with E-state index in [1.165, 1.54) is 38.5 Å². The second kappa shape index (κ2) is 11.2. The molecule has 0 bridgehead atoms. The Bertz CT molecular complexity index is 457. The standard InChI is InChI=1S/C18H22O/c1-2-3-4-5-6-7-8-9-10-11-12-13-15-18-16-14-17-19-18/h9-10,14,16-17H,2-8H2,1H3/b10-9-. The van der Waals surface area contributed by atoms with E-state index in [4.69, 9.17) is 4.42 Å². The molecule has 0 fully saturated rings. The highest BCUT2D eigenvalue weighted by atomic mass is 16.3. The first-order valence-electron chi connectivity index (χ1n) is 7.13. The Morgan fingerprint density at radius 1 is 1.11 bits per heavy atom. The summed E-state index contributed by atoms with van der Waals surface area (Å²) in [4.78, 5) is 0. The van der Waals surface area contributed by atoms with Gasteiger partial charge in [-0.25, -0.2) is 0 Å². The molecule has 0 unspecified atom stereocenters. The lowest BCUT2D eigenvalue weighted by atomic mass is 10.1. The van der Waals surface area contributed by atoms with Crippen LogP contribution in [-0.4, -0.2) is 0 Å². The molecular weight excluding hydrogens is 232 g/mol. The van der Waals surface area contributed by atoms with Crippen molar-refractivity contribution in [2.45, 2.75) is 51.9 Å². The maximum absolute atomic E-state index is 5.07. The van der Waals surface area contributed by atoms with Crippen LogP contribution in [0.2, 0.25) is 0 Å². The maximum Gasteiger partial charge on any atom is 0.177 e. The van der Waals surface area contributed by atoms with Gasteiger partial charge in [0.2, 0.25) is 0 Å². The summed E-state index contributed by atoms with van der Waals surface area (Å²) in [5, 5.41) is 0. The summed E-state index contributed by atoms with van der Waals surface area (Å²) in [6.07, 6.45) is 14.8.